The third kappa shape index (κ3) is 7.47. The molecule has 0 bridgehead atoms. The van der Waals surface area contributed by atoms with Crippen LogP contribution in [0.25, 0.3) is 0 Å². The summed E-state index contributed by atoms with van der Waals surface area (Å²) in [6.07, 6.45) is 1.53. The third-order valence-corrected chi connectivity index (χ3v) is 5.85. The van der Waals surface area contributed by atoms with Crippen molar-refractivity contribution in [3.8, 4) is 23.0 Å². The Kier molecular flexibility index (Phi) is 9.98. The minimum Gasteiger partial charge on any atom is -0.493 e. The minimum absolute atomic E-state index is 0.370. The summed E-state index contributed by atoms with van der Waals surface area (Å²) < 4.78 is 24.3. The van der Waals surface area contributed by atoms with Crippen molar-refractivity contribution in [2.45, 2.75) is 20.5 Å². The minimum atomic E-state index is -0.370. The number of hydrogen-bond acceptors (Lipinski definition) is 6. The molecule has 3 rings (SSSR count). The number of nitrogens with one attached hydrogen (secondary N) is 1. The Balaban J connectivity index is 1.68. The van der Waals surface area contributed by atoms with Gasteiger partial charge in [0.25, 0.3) is 5.91 Å². The van der Waals surface area contributed by atoms with Crippen LogP contribution in [0.2, 0.25) is 0 Å². The summed E-state index contributed by atoms with van der Waals surface area (Å²) in [6.45, 7) is 5.11. The lowest BCUT2D eigenvalue weighted by Crippen LogP contribution is -2.17. The first-order valence-electron chi connectivity index (χ1n) is 10.9. The highest BCUT2D eigenvalue weighted by atomic mass is 79.9. The molecule has 35 heavy (non-hydrogen) atoms. The highest BCUT2D eigenvalue weighted by Gasteiger charge is 2.13. The number of carbonyl (C=O) groups is 1. The second kappa shape index (κ2) is 13.2. The summed E-state index contributed by atoms with van der Waals surface area (Å²) in [5.41, 5.74) is 4.68. The lowest BCUT2D eigenvalue weighted by molar-refractivity contribution is 0.0954. The normalized spacial score (nSPS) is 10.8. The van der Waals surface area contributed by atoms with Crippen LogP contribution in [-0.2, 0) is 6.61 Å². The molecule has 184 valence electrons. The number of hydrazone groups is 1. The van der Waals surface area contributed by atoms with Crippen molar-refractivity contribution in [1.82, 2.24) is 5.43 Å². The molecule has 3 aromatic rings. The number of methoxy groups -OCH3 is 1. The molecule has 0 aromatic heterocycles. The van der Waals surface area contributed by atoms with Gasteiger partial charge in [-0.15, -0.1) is 0 Å². The molecule has 7 nitrogen and oxygen atoms in total. The van der Waals surface area contributed by atoms with E-state index >= 15 is 0 Å². The molecule has 1 N–H and O–H groups in total. The molecule has 0 spiro atoms. The first kappa shape index (κ1) is 26.6. The van der Waals surface area contributed by atoms with Gasteiger partial charge in [-0.1, -0.05) is 28.1 Å². The van der Waals surface area contributed by atoms with Crippen molar-refractivity contribution in [2.24, 2.45) is 5.10 Å². The van der Waals surface area contributed by atoms with Gasteiger partial charge in [-0.05, 0) is 83.4 Å². The van der Waals surface area contributed by atoms with Crippen LogP contribution in [0.15, 0.2) is 68.6 Å². The van der Waals surface area contributed by atoms with Crippen LogP contribution in [0.3, 0.4) is 0 Å². The standard InChI is InChI=1S/C26H26Br2N2O5/c1-4-33-22-11-8-19(14-23(22)34-5-2)26(31)30-29-15-18-12-21(28)25(24(13-18)32-3)35-16-17-6-9-20(27)10-7-17/h6-15H,4-5,16H2,1-3H3,(H,30,31)/b29-15+. The molecule has 0 aliphatic rings. The number of carbonyl (C=O) groups excluding carboxylic acids is 1. The Morgan fingerprint density at radius 1 is 0.914 bits per heavy atom. The van der Waals surface area contributed by atoms with Gasteiger partial charge in [0.05, 0.1) is 31.0 Å². The number of ether oxygens (including phenoxy) is 4. The highest BCUT2D eigenvalue weighted by Crippen LogP contribution is 2.37. The molecule has 3 aromatic carbocycles. The summed E-state index contributed by atoms with van der Waals surface area (Å²) >= 11 is 6.96. The first-order valence-corrected chi connectivity index (χ1v) is 12.5. The maximum Gasteiger partial charge on any atom is 0.271 e. The van der Waals surface area contributed by atoms with Gasteiger partial charge in [0, 0.05) is 10.0 Å². The SMILES string of the molecule is CCOc1ccc(C(=O)N/N=C/c2cc(Br)c(OCc3ccc(Br)cc3)c(OC)c2)cc1OCC. The summed E-state index contributed by atoms with van der Waals surface area (Å²) in [6, 6.07) is 16.5. The van der Waals surface area contributed by atoms with E-state index in [1.165, 1.54) is 6.21 Å². The van der Waals surface area contributed by atoms with Crippen molar-refractivity contribution < 1.29 is 23.7 Å². The van der Waals surface area contributed by atoms with E-state index in [-0.39, 0.29) is 5.91 Å². The van der Waals surface area contributed by atoms with Crippen LogP contribution in [-0.4, -0.2) is 32.4 Å². The predicted octanol–water partition coefficient (Wildman–Crippen LogP) is 6.36. The zero-order chi connectivity index (χ0) is 25.2. The summed E-state index contributed by atoms with van der Waals surface area (Å²) in [4.78, 5) is 12.6. The van der Waals surface area contributed by atoms with E-state index in [0.29, 0.717) is 58.4 Å². The molecule has 0 heterocycles. The quantitative estimate of drug-likeness (QED) is 0.203. The van der Waals surface area contributed by atoms with Crippen molar-refractivity contribution >= 4 is 44.0 Å². The fraction of sp³-hybridized carbons (Fsp3) is 0.231. The van der Waals surface area contributed by atoms with Crippen molar-refractivity contribution in [2.75, 3.05) is 20.3 Å². The molecule has 0 saturated heterocycles. The van der Waals surface area contributed by atoms with Gasteiger partial charge in [-0.25, -0.2) is 5.43 Å². The third-order valence-electron chi connectivity index (χ3n) is 4.73. The number of benzene rings is 3. The van der Waals surface area contributed by atoms with E-state index in [1.807, 2.05) is 44.2 Å². The van der Waals surface area contributed by atoms with Crippen molar-refractivity contribution in [3.63, 3.8) is 0 Å². The van der Waals surface area contributed by atoms with E-state index in [9.17, 15) is 4.79 Å². The number of hydrogen-bond donors (Lipinski definition) is 1. The van der Waals surface area contributed by atoms with Crippen LogP contribution in [0, 0.1) is 0 Å². The lowest BCUT2D eigenvalue weighted by atomic mass is 10.2. The molecular weight excluding hydrogens is 580 g/mol. The number of nitrogens with zero attached hydrogens (tertiary/aromatic N) is 1. The van der Waals surface area contributed by atoms with Gasteiger partial charge in [0.1, 0.15) is 6.61 Å². The fourth-order valence-corrected chi connectivity index (χ4v) is 3.95. The smallest absolute Gasteiger partial charge is 0.271 e. The lowest BCUT2D eigenvalue weighted by Gasteiger charge is -2.13. The van der Waals surface area contributed by atoms with Crippen LogP contribution >= 0.6 is 31.9 Å². The topological polar surface area (TPSA) is 78.4 Å². The zero-order valence-electron chi connectivity index (χ0n) is 19.6. The molecule has 0 aliphatic heterocycles. The van der Waals surface area contributed by atoms with Gasteiger partial charge >= 0.3 is 0 Å². The van der Waals surface area contributed by atoms with Gasteiger partial charge in [-0.3, -0.25) is 4.79 Å². The van der Waals surface area contributed by atoms with Crippen molar-refractivity contribution in [1.29, 1.82) is 0 Å². The van der Waals surface area contributed by atoms with Gasteiger partial charge in [0.15, 0.2) is 23.0 Å². The average molecular weight is 606 g/mol. The second-order valence-corrected chi connectivity index (χ2v) is 8.95. The molecule has 0 atom stereocenters. The van der Waals surface area contributed by atoms with Crippen LogP contribution in [0.1, 0.15) is 35.3 Å². The molecular formula is C26H26Br2N2O5. The van der Waals surface area contributed by atoms with E-state index < -0.39 is 0 Å². The Morgan fingerprint density at radius 3 is 2.31 bits per heavy atom. The molecule has 0 radical (unpaired) electrons. The monoisotopic (exact) mass is 604 g/mol. The number of rotatable bonds is 11. The molecule has 0 fully saturated rings. The number of halogens is 2. The van der Waals surface area contributed by atoms with E-state index in [4.69, 9.17) is 18.9 Å². The largest absolute Gasteiger partial charge is 0.493 e. The van der Waals surface area contributed by atoms with Gasteiger partial charge < -0.3 is 18.9 Å². The van der Waals surface area contributed by atoms with Crippen LogP contribution < -0.4 is 24.4 Å². The van der Waals surface area contributed by atoms with Crippen LogP contribution in [0.5, 0.6) is 23.0 Å². The Labute approximate surface area is 221 Å². The Hall–Kier alpha value is -3.04. The average Bonchev–Trinajstić information content (AvgIpc) is 2.85. The van der Waals surface area contributed by atoms with Crippen LogP contribution in [0.4, 0.5) is 0 Å². The van der Waals surface area contributed by atoms with E-state index in [1.54, 1.807) is 31.4 Å². The molecule has 9 heteroatoms. The maximum atomic E-state index is 12.6. The predicted molar refractivity (Wildman–Crippen MR) is 143 cm³/mol. The van der Waals surface area contributed by atoms with E-state index in [0.717, 1.165) is 10.0 Å². The molecule has 0 saturated carbocycles. The van der Waals surface area contributed by atoms with Gasteiger partial charge in [-0.2, -0.15) is 5.10 Å². The maximum absolute atomic E-state index is 12.6. The van der Waals surface area contributed by atoms with Crippen molar-refractivity contribution in [3.05, 3.63) is 80.2 Å². The molecule has 0 aliphatic carbocycles. The Bertz CT molecular complexity index is 1180. The number of amides is 1. The highest BCUT2D eigenvalue weighted by molar-refractivity contribution is 9.10. The summed E-state index contributed by atoms with van der Waals surface area (Å²) in [5.74, 6) is 1.85. The summed E-state index contributed by atoms with van der Waals surface area (Å²) in [7, 11) is 1.57. The zero-order valence-corrected chi connectivity index (χ0v) is 22.8. The Morgan fingerprint density at radius 2 is 1.63 bits per heavy atom. The second-order valence-electron chi connectivity index (χ2n) is 7.18. The summed E-state index contributed by atoms with van der Waals surface area (Å²) in [5, 5.41) is 4.08. The first-order chi connectivity index (χ1) is 16.9. The molecule has 1 amide bonds. The fourth-order valence-electron chi connectivity index (χ4n) is 3.11. The van der Waals surface area contributed by atoms with E-state index in [2.05, 4.69) is 42.4 Å². The van der Waals surface area contributed by atoms with Gasteiger partial charge in [0.2, 0.25) is 0 Å². The molecule has 0 unspecified atom stereocenters.